The minimum atomic E-state index is -0.665. The number of ether oxygens (including phenoxy) is 1. The largest absolute Gasteiger partial charge is 0.497 e. The number of aromatic nitrogens is 2. The van der Waals surface area contributed by atoms with E-state index < -0.39 is 23.2 Å². The summed E-state index contributed by atoms with van der Waals surface area (Å²) in [5.41, 5.74) is 0.586. The van der Waals surface area contributed by atoms with Gasteiger partial charge < -0.3 is 15.4 Å². The first-order valence-corrected chi connectivity index (χ1v) is 10.2. The average Bonchev–Trinajstić information content (AvgIpc) is 3.15. The molecular weight excluding hydrogens is 435 g/mol. The molecule has 0 spiro atoms. The van der Waals surface area contributed by atoms with Crippen molar-refractivity contribution < 1.29 is 18.7 Å². The predicted molar refractivity (Wildman–Crippen MR) is 119 cm³/mol. The summed E-state index contributed by atoms with van der Waals surface area (Å²) in [4.78, 5) is 43.3. The van der Waals surface area contributed by atoms with Crippen molar-refractivity contribution in [2.24, 2.45) is 0 Å². The summed E-state index contributed by atoms with van der Waals surface area (Å²) in [7, 11) is 1.50. The van der Waals surface area contributed by atoms with E-state index >= 15 is 0 Å². The highest BCUT2D eigenvalue weighted by molar-refractivity contribution is 7.19. The van der Waals surface area contributed by atoms with Crippen LogP contribution in [0.2, 0.25) is 0 Å². The van der Waals surface area contributed by atoms with Gasteiger partial charge in [0.05, 0.1) is 7.11 Å². The van der Waals surface area contributed by atoms with Gasteiger partial charge in [-0.3, -0.25) is 14.4 Å². The Morgan fingerprint density at radius 3 is 2.47 bits per heavy atom. The van der Waals surface area contributed by atoms with Crippen LogP contribution in [0.1, 0.15) is 25.9 Å². The Morgan fingerprint density at radius 2 is 1.75 bits per heavy atom. The fourth-order valence-electron chi connectivity index (χ4n) is 3.06. The maximum Gasteiger partial charge on any atom is 0.274 e. The SMILES string of the molecule is COc1cccc(NC(=O)c2c(C(=O)Nc3ccc(F)cc3)sc3nc(C)cc(=O)n23)c1. The molecular formula is C22H17FN4O4S. The molecule has 4 aromatic rings. The maximum atomic E-state index is 13.2. The Morgan fingerprint density at radius 1 is 1.03 bits per heavy atom. The monoisotopic (exact) mass is 452 g/mol. The molecule has 10 heteroatoms. The number of amides is 2. The summed E-state index contributed by atoms with van der Waals surface area (Å²) in [5.74, 6) is -1.21. The Hall–Kier alpha value is -4.05. The third-order valence-corrected chi connectivity index (χ3v) is 5.54. The third-order valence-electron chi connectivity index (χ3n) is 4.50. The van der Waals surface area contributed by atoms with Gasteiger partial charge in [-0.15, -0.1) is 0 Å². The Kier molecular flexibility index (Phi) is 5.69. The Bertz CT molecular complexity index is 1400. The van der Waals surface area contributed by atoms with Crippen LogP contribution in [0.4, 0.5) is 15.8 Å². The van der Waals surface area contributed by atoms with Crippen molar-refractivity contribution in [3.63, 3.8) is 0 Å². The van der Waals surface area contributed by atoms with Gasteiger partial charge in [0.1, 0.15) is 22.1 Å². The fraction of sp³-hybridized carbons (Fsp3) is 0.0909. The van der Waals surface area contributed by atoms with E-state index in [-0.39, 0.29) is 15.5 Å². The lowest BCUT2D eigenvalue weighted by molar-refractivity contribution is 0.0989. The number of halogens is 1. The summed E-state index contributed by atoms with van der Waals surface area (Å²) >= 11 is 0.909. The maximum absolute atomic E-state index is 13.2. The van der Waals surface area contributed by atoms with E-state index in [1.807, 2.05) is 0 Å². The molecule has 2 amide bonds. The lowest BCUT2D eigenvalue weighted by atomic mass is 10.2. The van der Waals surface area contributed by atoms with Crippen molar-refractivity contribution >= 4 is 39.5 Å². The molecule has 2 N–H and O–H groups in total. The molecule has 0 atom stereocenters. The zero-order valence-electron chi connectivity index (χ0n) is 17.0. The number of aryl methyl sites for hydroxylation is 1. The van der Waals surface area contributed by atoms with Crippen molar-refractivity contribution in [1.29, 1.82) is 0 Å². The van der Waals surface area contributed by atoms with Crippen molar-refractivity contribution in [1.82, 2.24) is 9.38 Å². The molecule has 0 saturated heterocycles. The van der Waals surface area contributed by atoms with Crippen molar-refractivity contribution in [2.75, 3.05) is 17.7 Å². The molecule has 0 bridgehead atoms. The van der Waals surface area contributed by atoms with E-state index in [1.54, 1.807) is 31.2 Å². The van der Waals surface area contributed by atoms with Gasteiger partial charge in [-0.2, -0.15) is 0 Å². The minimum Gasteiger partial charge on any atom is -0.497 e. The van der Waals surface area contributed by atoms with Crippen LogP contribution >= 0.6 is 11.3 Å². The van der Waals surface area contributed by atoms with Gasteiger partial charge in [0.2, 0.25) is 0 Å². The second kappa shape index (κ2) is 8.60. The number of benzene rings is 2. The first kappa shape index (κ1) is 21.2. The van der Waals surface area contributed by atoms with Crippen LogP contribution in [0, 0.1) is 12.7 Å². The van der Waals surface area contributed by atoms with E-state index in [4.69, 9.17) is 4.74 Å². The van der Waals surface area contributed by atoms with E-state index in [9.17, 15) is 18.8 Å². The molecule has 4 rings (SSSR count). The molecule has 0 fully saturated rings. The summed E-state index contributed by atoms with van der Waals surface area (Å²) in [6.07, 6.45) is 0. The van der Waals surface area contributed by atoms with Gasteiger partial charge in [-0.05, 0) is 43.3 Å². The van der Waals surface area contributed by atoms with E-state index in [1.165, 1.54) is 37.4 Å². The highest BCUT2D eigenvalue weighted by Gasteiger charge is 2.26. The van der Waals surface area contributed by atoms with Crippen LogP contribution in [0.25, 0.3) is 4.96 Å². The van der Waals surface area contributed by atoms with Gasteiger partial charge in [0.15, 0.2) is 4.96 Å². The van der Waals surface area contributed by atoms with E-state index in [0.717, 1.165) is 15.7 Å². The molecule has 0 aliphatic rings. The standard InChI is InChI=1S/C22H17FN4O4S/c1-12-10-17(28)27-18(20(29)26-15-4-3-5-16(11-15)31-2)19(32-22(27)24-12)21(30)25-14-8-6-13(23)7-9-14/h3-11H,1-2H3,(H,25,30)(H,26,29). The number of methoxy groups -OCH3 is 1. The fourth-order valence-corrected chi connectivity index (χ4v) is 4.13. The molecule has 0 radical (unpaired) electrons. The molecule has 0 saturated carbocycles. The van der Waals surface area contributed by atoms with Gasteiger partial charge in [0, 0.05) is 29.2 Å². The Labute approximate surface area is 185 Å². The van der Waals surface area contributed by atoms with Crippen molar-refractivity contribution in [3.8, 4) is 5.75 Å². The number of fused-ring (bicyclic) bond motifs is 1. The van der Waals surface area contributed by atoms with Crippen LogP contribution in [0.5, 0.6) is 5.75 Å². The first-order valence-electron chi connectivity index (χ1n) is 9.41. The van der Waals surface area contributed by atoms with Crippen LogP contribution in [0.3, 0.4) is 0 Å². The first-order chi connectivity index (χ1) is 15.4. The predicted octanol–water partition coefficient (Wildman–Crippen LogP) is 3.72. The zero-order valence-corrected chi connectivity index (χ0v) is 17.8. The zero-order chi connectivity index (χ0) is 22.8. The molecule has 2 aromatic heterocycles. The number of rotatable bonds is 5. The molecule has 0 aliphatic heterocycles. The normalized spacial score (nSPS) is 10.7. The minimum absolute atomic E-state index is 0.00933. The van der Waals surface area contributed by atoms with Crippen LogP contribution in [-0.2, 0) is 0 Å². The number of carbonyl (C=O) groups is 2. The second-order valence-electron chi connectivity index (χ2n) is 6.78. The summed E-state index contributed by atoms with van der Waals surface area (Å²) in [5, 5.41) is 5.31. The molecule has 2 aromatic carbocycles. The number of hydrogen-bond acceptors (Lipinski definition) is 6. The molecule has 32 heavy (non-hydrogen) atoms. The van der Waals surface area contributed by atoms with Crippen LogP contribution in [-0.4, -0.2) is 28.3 Å². The lowest BCUT2D eigenvalue weighted by Gasteiger charge is -2.09. The summed E-state index contributed by atoms with van der Waals surface area (Å²) in [6, 6.07) is 13.1. The molecule has 2 heterocycles. The number of nitrogens with zero attached hydrogens (tertiary/aromatic N) is 2. The van der Waals surface area contributed by atoms with Crippen molar-refractivity contribution in [3.05, 3.63) is 87.0 Å². The molecule has 0 aliphatic carbocycles. The van der Waals surface area contributed by atoms with Gasteiger partial charge in [0.25, 0.3) is 17.4 Å². The van der Waals surface area contributed by atoms with Crippen LogP contribution < -0.4 is 20.9 Å². The number of hydrogen-bond donors (Lipinski definition) is 2. The average molecular weight is 452 g/mol. The van der Waals surface area contributed by atoms with Gasteiger partial charge in [-0.1, -0.05) is 17.4 Å². The number of nitrogens with one attached hydrogen (secondary N) is 2. The van der Waals surface area contributed by atoms with Gasteiger partial charge in [-0.25, -0.2) is 13.8 Å². The number of carbonyl (C=O) groups excluding carboxylic acids is 2. The summed E-state index contributed by atoms with van der Waals surface area (Å²) < 4.78 is 19.4. The second-order valence-corrected chi connectivity index (χ2v) is 7.76. The highest BCUT2D eigenvalue weighted by atomic mass is 32.1. The highest BCUT2D eigenvalue weighted by Crippen LogP contribution is 2.25. The van der Waals surface area contributed by atoms with E-state index in [2.05, 4.69) is 15.6 Å². The molecule has 8 nitrogen and oxygen atoms in total. The van der Waals surface area contributed by atoms with Crippen LogP contribution in [0.15, 0.2) is 59.4 Å². The third kappa shape index (κ3) is 4.21. The number of anilines is 2. The lowest BCUT2D eigenvalue weighted by Crippen LogP contribution is -2.25. The Balaban J connectivity index is 1.78. The topological polar surface area (TPSA) is 102 Å². The van der Waals surface area contributed by atoms with Gasteiger partial charge >= 0.3 is 0 Å². The summed E-state index contributed by atoms with van der Waals surface area (Å²) in [6.45, 7) is 1.65. The smallest absolute Gasteiger partial charge is 0.274 e. The van der Waals surface area contributed by atoms with E-state index in [0.29, 0.717) is 22.8 Å². The number of thiazole rings is 1. The molecule has 162 valence electrons. The quantitative estimate of drug-likeness (QED) is 0.481. The van der Waals surface area contributed by atoms with Crippen molar-refractivity contribution in [2.45, 2.75) is 6.92 Å². The molecule has 0 unspecified atom stereocenters.